The first-order chi connectivity index (χ1) is 31.7. The minimum absolute atomic E-state index is 0.0293. The number of halogens is 1. The molecule has 12 nitrogen and oxygen atoms in total. The molecule has 0 bridgehead atoms. The van der Waals surface area contributed by atoms with E-state index >= 15 is 0 Å². The number of hydrogen-bond donors (Lipinski definition) is 1. The standard InChI is InChI=1S/C28H41BrO6.C24H34O6/c1-28(22-9-11-23(12-10-22)34-20-30-2)19-33-27-18-24(35-21-31-3)13-14-25(27)26(28)8-4-6-16-32-17-7-5-15-29;1-24(18-7-9-19(10-8-18)29-16-26-2)15-28-23-14-20(30-17-27-3)11-12-21(23)22(24)6-4-5-13-25/h9,11-14,18,22,26H,4-8,10,15-17,19-21H2,1-3H3;7,9-12,14,18,22,25H,4-6,8,13,15-17H2,1-3H3/t22?,26-,28-;18?,22-,24-/m11/s1. The smallest absolute Gasteiger partial charge is 0.188 e. The summed E-state index contributed by atoms with van der Waals surface area (Å²) in [4.78, 5) is 0. The molecule has 2 aromatic rings. The quantitative estimate of drug-likeness (QED) is 0.0521. The Morgan fingerprint density at radius 3 is 1.46 bits per heavy atom. The van der Waals surface area contributed by atoms with Crippen LogP contribution in [0.15, 0.2) is 84.4 Å². The second-order valence-electron chi connectivity index (χ2n) is 17.6. The van der Waals surface area contributed by atoms with Crippen molar-refractivity contribution in [3.8, 4) is 23.0 Å². The molecule has 6 rings (SSSR count). The fourth-order valence-electron chi connectivity index (χ4n) is 9.43. The van der Waals surface area contributed by atoms with E-state index in [4.69, 9.17) is 52.1 Å². The predicted octanol–water partition coefficient (Wildman–Crippen LogP) is 11.0. The molecule has 2 heterocycles. The number of alkyl halides is 1. The molecular formula is C52H75BrO12. The third kappa shape index (κ3) is 15.0. The van der Waals surface area contributed by atoms with Gasteiger partial charge in [0.15, 0.2) is 27.2 Å². The maximum atomic E-state index is 9.29. The summed E-state index contributed by atoms with van der Waals surface area (Å²) in [6.07, 6.45) is 23.1. The van der Waals surface area contributed by atoms with E-state index in [1.165, 1.54) is 11.1 Å². The monoisotopic (exact) mass is 970 g/mol. The number of methoxy groups -OCH3 is 4. The number of aliphatic hydroxyl groups excluding tert-OH is 1. The molecule has 6 atom stereocenters. The van der Waals surface area contributed by atoms with Crippen molar-refractivity contribution in [2.75, 3.05) is 94.0 Å². The highest BCUT2D eigenvalue weighted by Crippen LogP contribution is 2.55. The minimum atomic E-state index is -0.0584. The van der Waals surface area contributed by atoms with E-state index in [1.807, 2.05) is 30.3 Å². The Morgan fingerprint density at radius 1 is 0.600 bits per heavy atom. The van der Waals surface area contributed by atoms with Gasteiger partial charge in [-0.15, -0.1) is 0 Å². The van der Waals surface area contributed by atoms with Crippen LogP contribution in [0.25, 0.3) is 0 Å². The molecule has 362 valence electrons. The highest BCUT2D eigenvalue weighted by molar-refractivity contribution is 9.09. The summed E-state index contributed by atoms with van der Waals surface area (Å²) >= 11 is 3.47. The molecule has 2 aliphatic carbocycles. The Bertz CT molecular complexity index is 1830. The van der Waals surface area contributed by atoms with Crippen LogP contribution in [0, 0.1) is 22.7 Å². The van der Waals surface area contributed by atoms with Crippen molar-refractivity contribution < 1.29 is 57.2 Å². The van der Waals surface area contributed by atoms with Gasteiger partial charge in [-0.2, -0.15) is 0 Å². The van der Waals surface area contributed by atoms with Crippen molar-refractivity contribution in [1.29, 1.82) is 0 Å². The van der Waals surface area contributed by atoms with Crippen LogP contribution in [0.1, 0.15) is 101 Å². The third-order valence-corrected chi connectivity index (χ3v) is 13.8. The van der Waals surface area contributed by atoms with E-state index in [0.717, 1.165) is 117 Å². The Kier molecular flexibility index (Phi) is 22.5. The Morgan fingerprint density at radius 2 is 1.05 bits per heavy atom. The predicted molar refractivity (Wildman–Crippen MR) is 256 cm³/mol. The average Bonchev–Trinajstić information content (AvgIpc) is 3.34. The molecule has 0 saturated heterocycles. The first-order valence-corrected chi connectivity index (χ1v) is 24.4. The maximum Gasteiger partial charge on any atom is 0.188 e. The van der Waals surface area contributed by atoms with Crippen LogP contribution < -0.4 is 18.9 Å². The average molecular weight is 972 g/mol. The maximum absolute atomic E-state index is 9.29. The van der Waals surface area contributed by atoms with Crippen molar-refractivity contribution in [2.24, 2.45) is 22.7 Å². The van der Waals surface area contributed by atoms with Crippen LogP contribution in [0.4, 0.5) is 0 Å². The molecule has 65 heavy (non-hydrogen) atoms. The Hall–Kier alpha value is -3.56. The second kappa shape index (κ2) is 27.9. The number of benzene rings is 2. The molecule has 0 fully saturated rings. The first kappa shape index (κ1) is 52.4. The number of allylic oxidation sites excluding steroid dienone is 6. The lowest BCUT2D eigenvalue weighted by Crippen LogP contribution is -2.42. The number of ether oxygens (including phenoxy) is 11. The SMILES string of the molecule is COCOC1=CCC([C@@]2(C)COc3cc(OCOC)ccc3[C@H]2CCCCO)C=C1.COCOC1=CCC([C@@]2(C)COc3cc(OCOC)ccc3[C@H]2CCCCOCCCCBr)C=C1. The molecule has 0 radical (unpaired) electrons. The van der Waals surface area contributed by atoms with Gasteiger partial charge in [-0.05, 0) is 123 Å². The van der Waals surface area contributed by atoms with Gasteiger partial charge in [-0.25, -0.2) is 0 Å². The number of fused-ring (bicyclic) bond motifs is 2. The van der Waals surface area contributed by atoms with E-state index in [9.17, 15) is 5.11 Å². The number of rotatable bonds is 27. The lowest BCUT2D eigenvalue weighted by Gasteiger charge is -2.47. The summed E-state index contributed by atoms with van der Waals surface area (Å²) in [5, 5.41) is 10.3. The summed E-state index contributed by atoms with van der Waals surface area (Å²) in [5.41, 5.74) is 2.39. The topological polar surface area (TPSA) is 122 Å². The van der Waals surface area contributed by atoms with Crippen molar-refractivity contribution >= 4 is 15.9 Å². The number of hydrogen-bond acceptors (Lipinski definition) is 12. The van der Waals surface area contributed by atoms with E-state index < -0.39 is 0 Å². The Labute approximate surface area is 396 Å². The molecular weight excluding hydrogens is 896 g/mol. The summed E-state index contributed by atoms with van der Waals surface area (Å²) in [6.45, 7) is 8.84. The van der Waals surface area contributed by atoms with Gasteiger partial charge in [0, 0.05) is 76.6 Å². The Balaban J connectivity index is 0.000000247. The molecule has 2 aromatic carbocycles. The van der Waals surface area contributed by atoms with E-state index in [-0.39, 0.29) is 44.6 Å². The van der Waals surface area contributed by atoms with Gasteiger partial charge in [0.1, 0.15) is 34.5 Å². The molecule has 4 aliphatic rings. The van der Waals surface area contributed by atoms with Crippen molar-refractivity contribution in [2.45, 2.75) is 89.9 Å². The number of unbranched alkanes of at least 4 members (excludes halogenated alkanes) is 3. The van der Waals surface area contributed by atoms with Crippen LogP contribution in [-0.2, 0) is 33.2 Å². The van der Waals surface area contributed by atoms with E-state index in [0.29, 0.717) is 36.9 Å². The van der Waals surface area contributed by atoms with Crippen molar-refractivity contribution in [3.63, 3.8) is 0 Å². The summed E-state index contributed by atoms with van der Waals surface area (Å²) in [6, 6.07) is 12.3. The molecule has 0 aromatic heterocycles. The van der Waals surface area contributed by atoms with Gasteiger partial charge in [-0.1, -0.05) is 66.9 Å². The number of aliphatic hydroxyl groups is 1. The van der Waals surface area contributed by atoms with Gasteiger partial charge in [0.25, 0.3) is 0 Å². The summed E-state index contributed by atoms with van der Waals surface area (Å²) < 4.78 is 61.0. The normalized spacial score (nSPS) is 24.2. The lowest BCUT2D eigenvalue weighted by atomic mass is 9.61. The lowest BCUT2D eigenvalue weighted by molar-refractivity contribution is 0.00753. The van der Waals surface area contributed by atoms with Gasteiger partial charge in [0.05, 0.1) is 13.2 Å². The zero-order valence-electron chi connectivity index (χ0n) is 39.7. The van der Waals surface area contributed by atoms with Gasteiger partial charge < -0.3 is 57.2 Å². The first-order valence-electron chi connectivity index (χ1n) is 23.3. The molecule has 0 saturated carbocycles. The zero-order chi connectivity index (χ0) is 46.3. The van der Waals surface area contributed by atoms with Crippen molar-refractivity contribution in [1.82, 2.24) is 0 Å². The molecule has 0 amide bonds. The molecule has 2 aliphatic heterocycles. The molecule has 0 spiro atoms. The highest BCUT2D eigenvalue weighted by Gasteiger charge is 2.47. The zero-order valence-corrected chi connectivity index (χ0v) is 41.3. The van der Waals surface area contributed by atoms with Crippen LogP contribution in [0.5, 0.6) is 23.0 Å². The second-order valence-corrected chi connectivity index (χ2v) is 18.4. The fourth-order valence-corrected chi connectivity index (χ4v) is 9.83. The van der Waals surface area contributed by atoms with Gasteiger partial charge in [-0.3, -0.25) is 0 Å². The van der Waals surface area contributed by atoms with Crippen molar-refractivity contribution in [3.05, 3.63) is 95.5 Å². The van der Waals surface area contributed by atoms with Gasteiger partial charge in [0.2, 0.25) is 0 Å². The third-order valence-electron chi connectivity index (χ3n) is 13.2. The minimum Gasteiger partial charge on any atom is -0.493 e. The van der Waals surface area contributed by atoms with Crippen LogP contribution >= 0.6 is 15.9 Å². The van der Waals surface area contributed by atoms with Crippen LogP contribution in [-0.4, -0.2) is 99.1 Å². The summed E-state index contributed by atoms with van der Waals surface area (Å²) in [7, 11) is 6.49. The van der Waals surface area contributed by atoms with E-state index in [1.54, 1.807) is 28.4 Å². The van der Waals surface area contributed by atoms with Crippen LogP contribution in [0.3, 0.4) is 0 Å². The van der Waals surface area contributed by atoms with Gasteiger partial charge >= 0.3 is 0 Å². The summed E-state index contributed by atoms with van der Waals surface area (Å²) in [5.74, 6) is 6.45. The molecule has 1 N–H and O–H groups in total. The molecule has 2 unspecified atom stereocenters. The van der Waals surface area contributed by atoms with E-state index in [2.05, 4.69) is 72.3 Å². The molecule has 13 heteroatoms. The fraction of sp³-hybridized carbons (Fsp3) is 0.615. The van der Waals surface area contributed by atoms with Crippen LogP contribution in [0.2, 0.25) is 0 Å². The highest BCUT2D eigenvalue weighted by atomic mass is 79.9. The largest absolute Gasteiger partial charge is 0.493 e.